The SMILES string of the molecule is C[C-]=O.C[C-]=O.[Y+3]. The summed E-state index contributed by atoms with van der Waals surface area (Å²) < 4.78 is 0. The Hall–Kier alpha value is 0.444. The summed E-state index contributed by atoms with van der Waals surface area (Å²) in [4.78, 5) is 17.4. The van der Waals surface area contributed by atoms with Crippen LogP contribution in [0.2, 0.25) is 0 Å². The van der Waals surface area contributed by atoms with Gasteiger partial charge in [-0.15, -0.1) is 0 Å². The van der Waals surface area contributed by atoms with E-state index in [0.29, 0.717) is 0 Å². The van der Waals surface area contributed by atoms with Crippen molar-refractivity contribution in [2.45, 2.75) is 13.8 Å². The van der Waals surface area contributed by atoms with Crippen LogP contribution in [0.3, 0.4) is 0 Å². The quantitative estimate of drug-likeness (QED) is 0.494. The van der Waals surface area contributed by atoms with E-state index in [1.807, 2.05) is 0 Å². The smallest absolute Gasteiger partial charge is 0.542 e. The average Bonchev–Trinajstić information content (AvgIpc) is 1.39. The normalized spacial score (nSPS) is 3.71. The number of rotatable bonds is 0. The fourth-order valence-electron chi connectivity index (χ4n) is 0. The predicted molar refractivity (Wildman–Crippen MR) is 22.7 cm³/mol. The molecule has 0 rings (SSSR count). The van der Waals surface area contributed by atoms with Crippen LogP contribution in [0.25, 0.3) is 0 Å². The van der Waals surface area contributed by atoms with Gasteiger partial charge in [-0.25, -0.2) is 0 Å². The van der Waals surface area contributed by atoms with Crippen molar-refractivity contribution in [2.75, 3.05) is 0 Å². The Balaban J connectivity index is -0.0000000400. The first-order chi connectivity index (χ1) is 2.83. The topological polar surface area (TPSA) is 34.1 Å². The Bertz CT molecular complexity index is 30.7. The summed E-state index contributed by atoms with van der Waals surface area (Å²) in [5.74, 6) is 0. The van der Waals surface area contributed by atoms with Gasteiger partial charge in [-0.2, -0.15) is 13.8 Å². The van der Waals surface area contributed by atoms with Gasteiger partial charge in [-0.1, -0.05) is 0 Å². The van der Waals surface area contributed by atoms with Gasteiger partial charge >= 0.3 is 32.7 Å². The second-order valence-corrected chi connectivity index (χ2v) is 0.408. The van der Waals surface area contributed by atoms with E-state index in [4.69, 9.17) is 9.59 Å². The Labute approximate surface area is 68.5 Å². The molecule has 0 spiro atoms. The molecular weight excluding hydrogens is 169 g/mol. The fraction of sp³-hybridized carbons (Fsp3) is 0.500. The Morgan fingerprint density at radius 1 is 1.00 bits per heavy atom. The van der Waals surface area contributed by atoms with Crippen LogP contribution in [0, 0.1) is 0 Å². The minimum Gasteiger partial charge on any atom is -0.542 e. The standard InChI is InChI=1S/2C2H3O.Y/c2*1-2-3;/h2*1H3;/q2*-1;+3. The molecule has 0 bridgehead atoms. The van der Waals surface area contributed by atoms with Crippen LogP contribution in [0.1, 0.15) is 13.8 Å². The summed E-state index contributed by atoms with van der Waals surface area (Å²) in [6, 6.07) is 0. The molecule has 0 saturated heterocycles. The maximum Gasteiger partial charge on any atom is 3.00 e. The Morgan fingerprint density at radius 3 is 1.00 bits per heavy atom. The van der Waals surface area contributed by atoms with E-state index in [2.05, 4.69) is 0 Å². The molecule has 0 heterocycles. The molecule has 3 heteroatoms. The first-order valence-electron chi connectivity index (χ1n) is 1.41. The van der Waals surface area contributed by atoms with E-state index in [1.54, 1.807) is 0 Å². The van der Waals surface area contributed by atoms with Gasteiger partial charge in [0.2, 0.25) is 0 Å². The molecule has 0 aliphatic heterocycles. The van der Waals surface area contributed by atoms with Crippen LogP contribution in [-0.4, -0.2) is 12.6 Å². The van der Waals surface area contributed by atoms with Crippen LogP contribution >= 0.6 is 0 Å². The average molecular weight is 175 g/mol. The molecule has 0 radical (unpaired) electrons. The molecular formula is C4H6O2Y+. The van der Waals surface area contributed by atoms with E-state index < -0.39 is 0 Å². The molecule has 0 aliphatic carbocycles. The van der Waals surface area contributed by atoms with Crippen LogP contribution in [0.5, 0.6) is 0 Å². The van der Waals surface area contributed by atoms with Crippen LogP contribution in [0.15, 0.2) is 0 Å². The number of hydrogen-bond donors (Lipinski definition) is 0. The van der Waals surface area contributed by atoms with Gasteiger partial charge in [0.1, 0.15) is 0 Å². The first-order valence-corrected chi connectivity index (χ1v) is 1.41. The van der Waals surface area contributed by atoms with Crippen LogP contribution in [-0.2, 0) is 42.3 Å². The third-order valence-electron chi connectivity index (χ3n) is 0. The molecule has 0 aromatic rings. The molecule has 0 fully saturated rings. The van der Waals surface area contributed by atoms with Crippen molar-refractivity contribution in [1.82, 2.24) is 0 Å². The molecule has 36 valence electrons. The molecule has 0 aliphatic rings. The van der Waals surface area contributed by atoms with Gasteiger partial charge in [-0.05, 0) is 0 Å². The molecule has 0 aromatic heterocycles. The van der Waals surface area contributed by atoms with Crippen molar-refractivity contribution in [3.05, 3.63) is 0 Å². The zero-order valence-electron chi connectivity index (χ0n) is 4.39. The van der Waals surface area contributed by atoms with Crippen LogP contribution < -0.4 is 0 Å². The van der Waals surface area contributed by atoms with Gasteiger partial charge in [0, 0.05) is 0 Å². The Kier molecular flexibility index (Phi) is 71.5. The second-order valence-electron chi connectivity index (χ2n) is 0.408. The predicted octanol–water partition coefficient (Wildman–Crippen LogP) is 0.230. The molecule has 0 N–H and O–H groups in total. The van der Waals surface area contributed by atoms with E-state index in [1.165, 1.54) is 26.4 Å². The summed E-state index contributed by atoms with van der Waals surface area (Å²) in [5.41, 5.74) is 0. The molecule has 7 heavy (non-hydrogen) atoms. The summed E-state index contributed by atoms with van der Waals surface area (Å²) in [7, 11) is 0. The third-order valence-corrected chi connectivity index (χ3v) is 0. The van der Waals surface area contributed by atoms with E-state index in [-0.39, 0.29) is 32.7 Å². The summed E-state index contributed by atoms with van der Waals surface area (Å²) in [6.45, 7) is 2.64. The molecule has 2 nitrogen and oxygen atoms in total. The van der Waals surface area contributed by atoms with Crippen molar-refractivity contribution in [3.63, 3.8) is 0 Å². The number of hydrogen-bond acceptors (Lipinski definition) is 2. The third kappa shape index (κ3) is 646. The molecule has 0 saturated carbocycles. The fourth-order valence-corrected chi connectivity index (χ4v) is 0. The van der Waals surface area contributed by atoms with Gasteiger partial charge in [0.25, 0.3) is 0 Å². The second kappa shape index (κ2) is 32.0. The Morgan fingerprint density at radius 2 is 1.00 bits per heavy atom. The van der Waals surface area contributed by atoms with E-state index >= 15 is 0 Å². The van der Waals surface area contributed by atoms with Crippen molar-refractivity contribution in [3.8, 4) is 0 Å². The van der Waals surface area contributed by atoms with Crippen molar-refractivity contribution < 1.29 is 42.3 Å². The van der Waals surface area contributed by atoms with Gasteiger partial charge in [0.15, 0.2) is 0 Å². The minimum absolute atomic E-state index is 0. The maximum atomic E-state index is 8.68. The van der Waals surface area contributed by atoms with E-state index in [9.17, 15) is 0 Å². The molecule has 0 atom stereocenters. The molecule has 0 unspecified atom stereocenters. The maximum absolute atomic E-state index is 8.68. The molecule has 0 amide bonds. The summed E-state index contributed by atoms with van der Waals surface area (Å²) in [6.07, 6.45) is 3.00. The van der Waals surface area contributed by atoms with E-state index in [0.717, 1.165) is 0 Å². The minimum atomic E-state index is 0. The van der Waals surface area contributed by atoms with Crippen molar-refractivity contribution in [2.24, 2.45) is 0 Å². The zero-order chi connectivity index (χ0) is 5.41. The van der Waals surface area contributed by atoms with Crippen molar-refractivity contribution >= 4 is 12.6 Å². The van der Waals surface area contributed by atoms with Gasteiger partial charge in [-0.3, -0.25) is 12.6 Å². The monoisotopic (exact) mass is 175 g/mol. The largest absolute Gasteiger partial charge is 3.00 e. The summed E-state index contributed by atoms with van der Waals surface area (Å²) in [5, 5.41) is 0. The molecule has 0 aromatic carbocycles. The van der Waals surface area contributed by atoms with Gasteiger partial charge < -0.3 is 9.59 Å². The number of carbonyl (C=O) groups excluding carboxylic acids is 2. The summed E-state index contributed by atoms with van der Waals surface area (Å²) >= 11 is 0. The zero-order valence-corrected chi connectivity index (χ0v) is 7.23. The van der Waals surface area contributed by atoms with Crippen molar-refractivity contribution in [1.29, 1.82) is 0 Å². The van der Waals surface area contributed by atoms with Crippen LogP contribution in [0.4, 0.5) is 0 Å². The first kappa shape index (κ1) is 15.7. The van der Waals surface area contributed by atoms with Gasteiger partial charge in [0.05, 0.1) is 0 Å².